The Morgan fingerprint density at radius 1 is 0.900 bits per heavy atom. The highest BCUT2D eigenvalue weighted by Crippen LogP contribution is 2.03. The Kier molecular flexibility index (Phi) is 15.6. The predicted octanol–water partition coefficient (Wildman–Crippen LogP) is 2.42. The second-order valence-electron chi connectivity index (χ2n) is 2.56. The minimum Gasteiger partial charge on any atom is -0.330 e. The van der Waals surface area contributed by atoms with Crippen molar-refractivity contribution in [1.29, 1.82) is 0 Å². The van der Waals surface area contributed by atoms with Gasteiger partial charge in [0.05, 0.1) is 0 Å². The third-order valence-corrected chi connectivity index (χ3v) is 1.56. The molecular weight excluding hydrogens is 142 g/mol. The molecule has 0 spiro atoms. The lowest BCUT2D eigenvalue weighted by atomic mass is 10.1. The van der Waals surface area contributed by atoms with Crippen molar-refractivity contribution in [2.75, 3.05) is 6.54 Å². The summed E-state index contributed by atoms with van der Waals surface area (Å²) in [6.45, 7) is 3.11. The summed E-state index contributed by atoms with van der Waals surface area (Å²) in [6, 6.07) is 0. The molecule has 0 aliphatic rings. The standard InChI is InChI=1S/C8H19N.H2S/c1-2-3-4-5-6-7-8-9;/h2-9H2,1H3;1H2. The van der Waals surface area contributed by atoms with E-state index >= 15 is 0 Å². The fourth-order valence-electron chi connectivity index (χ4n) is 0.925. The van der Waals surface area contributed by atoms with Crippen molar-refractivity contribution in [1.82, 2.24) is 0 Å². The monoisotopic (exact) mass is 163 g/mol. The third kappa shape index (κ3) is 11.2. The summed E-state index contributed by atoms with van der Waals surface area (Å²) in [6.07, 6.45) is 8.05. The summed E-state index contributed by atoms with van der Waals surface area (Å²) in [5.74, 6) is 0. The van der Waals surface area contributed by atoms with Crippen LogP contribution >= 0.6 is 13.5 Å². The van der Waals surface area contributed by atoms with E-state index in [0.717, 1.165) is 6.54 Å². The van der Waals surface area contributed by atoms with Gasteiger partial charge in [-0.2, -0.15) is 13.5 Å². The van der Waals surface area contributed by atoms with Gasteiger partial charge < -0.3 is 5.73 Å². The number of unbranched alkanes of at least 4 members (excludes halogenated alkanes) is 5. The Morgan fingerprint density at radius 2 is 1.40 bits per heavy atom. The predicted molar refractivity (Wildman–Crippen MR) is 52.8 cm³/mol. The van der Waals surface area contributed by atoms with Gasteiger partial charge in [-0.25, -0.2) is 0 Å². The molecule has 0 atom stereocenters. The van der Waals surface area contributed by atoms with E-state index in [-0.39, 0.29) is 13.5 Å². The van der Waals surface area contributed by atoms with Crippen LogP contribution in [-0.4, -0.2) is 6.54 Å². The molecule has 0 saturated carbocycles. The molecule has 0 unspecified atom stereocenters. The van der Waals surface area contributed by atoms with Crippen LogP contribution in [0, 0.1) is 0 Å². The van der Waals surface area contributed by atoms with E-state index in [9.17, 15) is 0 Å². The van der Waals surface area contributed by atoms with E-state index in [0.29, 0.717) is 0 Å². The second-order valence-corrected chi connectivity index (χ2v) is 2.56. The highest BCUT2D eigenvalue weighted by Gasteiger charge is 1.85. The number of rotatable bonds is 6. The normalized spacial score (nSPS) is 9.00. The third-order valence-electron chi connectivity index (χ3n) is 1.56. The van der Waals surface area contributed by atoms with Crippen molar-refractivity contribution in [2.24, 2.45) is 5.73 Å². The molecule has 0 amide bonds. The molecule has 0 aromatic heterocycles. The molecule has 64 valence electrons. The van der Waals surface area contributed by atoms with Gasteiger partial charge in [0.25, 0.3) is 0 Å². The summed E-state index contributed by atoms with van der Waals surface area (Å²) < 4.78 is 0. The molecule has 0 radical (unpaired) electrons. The molecule has 2 heteroatoms. The Bertz CT molecular complexity index is 42.5. The maximum Gasteiger partial charge on any atom is -0.00773 e. The Balaban J connectivity index is 0. The molecule has 0 rings (SSSR count). The van der Waals surface area contributed by atoms with Crippen molar-refractivity contribution >= 4 is 13.5 Å². The molecule has 0 aliphatic carbocycles. The van der Waals surface area contributed by atoms with E-state index in [4.69, 9.17) is 5.73 Å². The second kappa shape index (κ2) is 12.0. The van der Waals surface area contributed by atoms with Crippen LogP contribution in [0.3, 0.4) is 0 Å². The summed E-state index contributed by atoms with van der Waals surface area (Å²) in [7, 11) is 0. The van der Waals surface area contributed by atoms with Crippen LogP contribution in [0.5, 0.6) is 0 Å². The Labute approximate surface area is 71.8 Å². The molecule has 0 aromatic rings. The van der Waals surface area contributed by atoms with Crippen LogP contribution in [0.4, 0.5) is 0 Å². The first-order chi connectivity index (χ1) is 4.41. The fraction of sp³-hybridized carbons (Fsp3) is 1.00. The van der Waals surface area contributed by atoms with Crippen LogP contribution in [-0.2, 0) is 0 Å². The molecule has 0 aliphatic heterocycles. The molecule has 0 aromatic carbocycles. The van der Waals surface area contributed by atoms with Crippen LogP contribution in [0.15, 0.2) is 0 Å². The van der Waals surface area contributed by atoms with E-state index in [1.54, 1.807) is 0 Å². The van der Waals surface area contributed by atoms with Crippen LogP contribution in [0.25, 0.3) is 0 Å². The first kappa shape index (κ1) is 12.9. The van der Waals surface area contributed by atoms with E-state index in [1.165, 1.54) is 38.5 Å². The van der Waals surface area contributed by atoms with Gasteiger partial charge in [-0.3, -0.25) is 0 Å². The van der Waals surface area contributed by atoms with Gasteiger partial charge in [0.2, 0.25) is 0 Å². The maximum absolute atomic E-state index is 5.34. The average Bonchev–Trinajstić information content (AvgIpc) is 1.89. The van der Waals surface area contributed by atoms with Gasteiger partial charge in [0, 0.05) is 0 Å². The van der Waals surface area contributed by atoms with Gasteiger partial charge in [-0.1, -0.05) is 39.0 Å². The number of nitrogens with two attached hydrogens (primary N) is 1. The molecular formula is C8H21NS. The quantitative estimate of drug-likeness (QED) is 0.598. The summed E-state index contributed by atoms with van der Waals surface area (Å²) in [4.78, 5) is 0. The van der Waals surface area contributed by atoms with Gasteiger partial charge in [-0.15, -0.1) is 0 Å². The minimum atomic E-state index is 0. The first-order valence-electron chi connectivity index (χ1n) is 4.12. The SMILES string of the molecule is CCCCCCCCN.S. The Morgan fingerprint density at radius 3 is 1.90 bits per heavy atom. The van der Waals surface area contributed by atoms with E-state index in [1.807, 2.05) is 0 Å². The highest BCUT2D eigenvalue weighted by molar-refractivity contribution is 7.59. The van der Waals surface area contributed by atoms with Gasteiger partial charge >= 0.3 is 0 Å². The highest BCUT2D eigenvalue weighted by atomic mass is 32.1. The molecule has 0 fully saturated rings. The zero-order valence-corrected chi connectivity index (χ0v) is 8.03. The Hall–Kier alpha value is 0.310. The van der Waals surface area contributed by atoms with Crippen molar-refractivity contribution in [3.05, 3.63) is 0 Å². The van der Waals surface area contributed by atoms with Crippen molar-refractivity contribution in [3.63, 3.8) is 0 Å². The molecule has 2 N–H and O–H groups in total. The van der Waals surface area contributed by atoms with Gasteiger partial charge in [0.1, 0.15) is 0 Å². The van der Waals surface area contributed by atoms with Crippen LogP contribution in [0.2, 0.25) is 0 Å². The zero-order chi connectivity index (χ0) is 6.95. The summed E-state index contributed by atoms with van der Waals surface area (Å²) in [5.41, 5.74) is 5.34. The first-order valence-corrected chi connectivity index (χ1v) is 4.12. The smallest absolute Gasteiger partial charge is 0.00773 e. The summed E-state index contributed by atoms with van der Waals surface area (Å²) >= 11 is 0. The van der Waals surface area contributed by atoms with Crippen LogP contribution in [0.1, 0.15) is 45.4 Å². The average molecular weight is 163 g/mol. The molecule has 0 saturated heterocycles. The lowest BCUT2D eigenvalue weighted by molar-refractivity contribution is 0.612. The van der Waals surface area contributed by atoms with Crippen molar-refractivity contribution in [3.8, 4) is 0 Å². The number of hydrogen-bond donors (Lipinski definition) is 1. The van der Waals surface area contributed by atoms with Gasteiger partial charge in [-0.05, 0) is 13.0 Å². The summed E-state index contributed by atoms with van der Waals surface area (Å²) in [5, 5.41) is 0. The van der Waals surface area contributed by atoms with Crippen molar-refractivity contribution < 1.29 is 0 Å². The fourth-order valence-corrected chi connectivity index (χ4v) is 0.925. The molecule has 0 bridgehead atoms. The molecule has 1 nitrogen and oxygen atoms in total. The minimum absolute atomic E-state index is 0. The maximum atomic E-state index is 5.34. The zero-order valence-electron chi connectivity index (χ0n) is 7.03. The molecule has 0 heterocycles. The van der Waals surface area contributed by atoms with Gasteiger partial charge in [0.15, 0.2) is 0 Å². The number of hydrogen-bond acceptors (Lipinski definition) is 1. The van der Waals surface area contributed by atoms with E-state index in [2.05, 4.69) is 6.92 Å². The topological polar surface area (TPSA) is 26.0 Å². The van der Waals surface area contributed by atoms with E-state index < -0.39 is 0 Å². The molecule has 10 heavy (non-hydrogen) atoms. The van der Waals surface area contributed by atoms with Crippen LogP contribution < -0.4 is 5.73 Å². The lowest BCUT2D eigenvalue weighted by Crippen LogP contribution is -1.97. The largest absolute Gasteiger partial charge is 0.330 e. The lowest BCUT2D eigenvalue weighted by Gasteiger charge is -1.96. The van der Waals surface area contributed by atoms with Crippen molar-refractivity contribution in [2.45, 2.75) is 45.4 Å².